The Kier molecular flexibility index (Phi) is 7.65. The van der Waals surface area contributed by atoms with Crippen molar-refractivity contribution in [3.8, 4) is 33.4 Å². The molecule has 0 amide bonds. The largest absolute Gasteiger partial charge is 0.455 e. The molecule has 0 saturated carbocycles. The van der Waals surface area contributed by atoms with Crippen molar-refractivity contribution in [2.75, 3.05) is 4.90 Å². The molecule has 268 valence electrons. The molecule has 0 spiro atoms. The fourth-order valence-electron chi connectivity index (χ4n) is 8.34. The minimum absolute atomic E-state index is 0.901. The molecule has 3 nitrogen and oxygen atoms in total. The molecular formula is C54H35NO2. The molecule has 57 heavy (non-hydrogen) atoms. The van der Waals surface area contributed by atoms with Crippen LogP contribution in [0.3, 0.4) is 0 Å². The van der Waals surface area contributed by atoms with Crippen molar-refractivity contribution in [1.82, 2.24) is 0 Å². The standard InChI is InChI=1S/C54H35NO2/c1-2-35-17-19-36(20-18-35)37-23-28-42(29-24-37)55(43-30-25-38(26-31-43)45-11-7-13-49-47-9-3-5-15-51(47)56-53(45)49)44-32-27-39-33-41(22-21-40(39)34-44)46-12-8-14-50-48-10-4-6-16-52(48)57-54(46)50/h2-34H,1H2. The van der Waals surface area contributed by atoms with Gasteiger partial charge in [0.2, 0.25) is 0 Å². The number of hydrogen-bond donors (Lipinski definition) is 0. The van der Waals surface area contributed by atoms with E-state index in [0.29, 0.717) is 0 Å². The molecule has 0 N–H and O–H groups in total. The summed E-state index contributed by atoms with van der Waals surface area (Å²) in [4.78, 5) is 2.33. The van der Waals surface area contributed by atoms with Crippen LogP contribution >= 0.6 is 0 Å². The minimum Gasteiger partial charge on any atom is -0.455 e. The van der Waals surface area contributed by atoms with E-state index in [1.54, 1.807) is 0 Å². The Morgan fingerprint density at radius 2 is 0.825 bits per heavy atom. The smallest absolute Gasteiger partial charge is 0.143 e. The van der Waals surface area contributed by atoms with Gasteiger partial charge >= 0.3 is 0 Å². The van der Waals surface area contributed by atoms with E-state index in [9.17, 15) is 0 Å². The normalized spacial score (nSPS) is 11.6. The second-order valence-electron chi connectivity index (χ2n) is 14.6. The van der Waals surface area contributed by atoms with E-state index in [2.05, 4.69) is 181 Å². The molecular weight excluding hydrogens is 695 g/mol. The van der Waals surface area contributed by atoms with E-state index >= 15 is 0 Å². The highest BCUT2D eigenvalue weighted by Gasteiger charge is 2.17. The molecule has 0 saturated heterocycles. The zero-order valence-corrected chi connectivity index (χ0v) is 31.0. The average Bonchev–Trinajstić information content (AvgIpc) is 3.86. The van der Waals surface area contributed by atoms with Crippen molar-refractivity contribution in [2.45, 2.75) is 0 Å². The molecule has 2 aromatic heterocycles. The number of anilines is 3. The van der Waals surface area contributed by atoms with E-state index < -0.39 is 0 Å². The highest BCUT2D eigenvalue weighted by atomic mass is 16.3. The Morgan fingerprint density at radius 3 is 1.42 bits per heavy atom. The number of rotatable bonds is 7. The number of fused-ring (bicyclic) bond motifs is 7. The summed E-state index contributed by atoms with van der Waals surface area (Å²) in [5, 5.41) is 6.85. The Morgan fingerprint density at radius 1 is 0.368 bits per heavy atom. The van der Waals surface area contributed by atoms with Crippen LogP contribution in [0.25, 0.3) is 94.1 Å². The second kappa shape index (κ2) is 13.3. The summed E-state index contributed by atoms with van der Waals surface area (Å²) in [6.45, 7) is 3.91. The van der Waals surface area contributed by atoms with E-state index in [0.717, 1.165) is 105 Å². The molecule has 2 heterocycles. The Bertz CT molecular complexity index is 3290. The van der Waals surface area contributed by atoms with Gasteiger partial charge in [-0.3, -0.25) is 0 Å². The first-order valence-electron chi connectivity index (χ1n) is 19.3. The third kappa shape index (κ3) is 5.60. The predicted molar refractivity (Wildman–Crippen MR) is 240 cm³/mol. The molecule has 0 unspecified atom stereocenters. The molecule has 0 atom stereocenters. The van der Waals surface area contributed by atoms with Gasteiger partial charge in [-0.25, -0.2) is 0 Å². The minimum atomic E-state index is 0.901. The summed E-state index contributed by atoms with van der Waals surface area (Å²) in [6, 6.07) is 68.9. The summed E-state index contributed by atoms with van der Waals surface area (Å²) in [7, 11) is 0. The van der Waals surface area contributed by atoms with Gasteiger partial charge < -0.3 is 13.7 Å². The summed E-state index contributed by atoms with van der Waals surface area (Å²) < 4.78 is 12.8. The number of para-hydroxylation sites is 4. The van der Waals surface area contributed by atoms with Gasteiger partial charge in [-0.1, -0.05) is 152 Å². The van der Waals surface area contributed by atoms with E-state index in [4.69, 9.17) is 8.83 Å². The van der Waals surface area contributed by atoms with Gasteiger partial charge in [-0.05, 0) is 93.2 Å². The lowest BCUT2D eigenvalue weighted by Crippen LogP contribution is -2.09. The van der Waals surface area contributed by atoms with Crippen LogP contribution < -0.4 is 4.90 Å². The van der Waals surface area contributed by atoms with Gasteiger partial charge in [-0.2, -0.15) is 0 Å². The number of nitrogens with zero attached hydrogens (tertiary/aromatic N) is 1. The Labute approximate surface area is 330 Å². The van der Waals surface area contributed by atoms with E-state index in [1.807, 2.05) is 30.3 Å². The predicted octanol–water partition coefficient (Wildman–Crippen LogP) is 15.8. The molecule has 11 aromatic rings. The summed E-state index contributed by atoms with van der Waals surface area (Å²) in [5.41, 5.74) is 14.7. The average molecular weight is 730 g/mol. The fraction of sp³-hybridized carbons (Fsp3) is 0. The number of furan rings is 2. The van der Waals surface area contributed by atoms with Crippen molar-refractivity contribution in [2.24, 2.45) is 0 Å². The van der Waals surface area contributed by atoms with Crippen LogP contribution in [0.2, 0.25) is 0 Å². The number of hydrogen-bond acceptors (Lipinski definition) is 3. The quantitative estimate of drug-likeness (QED) is 0.164. The Balaban J connectivity index is 0.996. The van der Waals surface area contributed by atoms with Crippen molar-refractivity contribution in [3.63, 3.8) is 0 Å². The first-order valence-corrected chi connectivity index (χ1v) is 19.3. The van der Waals surface area contributed by atoms with Gasteiger partial charge in [0.1, 0.15) is 22.3 Å². The lowest BCUT2D eigenvalue weighted by Gasteiger charge is -2.26. The zero-order valence-electron chi connectivity index (χ0n) is 31.0. The van der Waals surface area contributed by atoms with E-state index in [-0.39, 0.29) is 0 Å². The third-order valence-electron chi connectivity index (χ3n) is 11.2. The third-order valence-corrected chi connectivity index (χ3v) is 11.2. The van der Waals surface area contributed by atoms with Crippen molar-refractivity contribution in [1.29, 1.82) is 0 Å². The highest BCUT2D eigenvalue weighted by molar-refractivity contribution is 6.11. The maximum Gasteiger partial charge on any atom is 0.143 e. The molecule has 0 aliphatic heterocycles. The molecule has 0 fully saturated rings. The van der Waals surface area contributed by atoms with Crippen LogP contribution in [0.5, 0.6) is 0 Å². The van der Waals surface area contributed by atoms with E-state index in [1.165, 1.54) is 5.56 Å². The molecule has 0 radical (unpaired) electrons. The van der Waals surface area contributed by atoms with Gasteiger partial charge in [0.05, 0.1) is 0 Å². The first-order chi connectivity index (χ1) is 28.2. The second-order valence-corrected chi connectivity index (χ2v) is 14.6. The lowest BCUT2D eigenvalue weighted by molar-refractivity contribution is 0.669. The van der Waals surface area contributed by atoms with Gasteiger partial charge in [0, 0.05) is 49.7 Å². The van der Waals surface area contributed by atoms with Crippen molar-refractivity contribution >= 4 is 77.8 Å². The first kappa shape index (κ1) is 32.8. The molecule has 0 aliphatic rings. The highest BCUT2D eigenvalue weighted by Crippen LogP contribution is 2.42. The number of benzene rings is 9. The zero-order chi connectivity index (χ0) is 37.9. The topological polar surface area (TPSA) is 29.5 Å². The van der Waals surface area contributed by atoms with Crippen LogP contribution in [0.1, 0.15) is 5.56 Å². The maximum absolute atomic E-state index is 6.41. The van der Waals surface area contributed by atoms with Crippen LogP contribution in [0.15, 0.2) is 210 Å². The van der Waals surface area contributed by atoms with Crippen LogP contribution in [0, 0.1) is 0 Å². The fourth-order valence-corrected chi connectivity index (χ4v) is 8.34. The molecule has 11 rings (SSSR count). The maximum atomic E-state index is 6.41. The lowest BCUT2D eigenvalue weighted by atomic mass is 9.98. The van der Waals surface area contributed by atoms with Gasteiger partial charge in [0.15, 0.2) is 0 Å². The Hall–Kier alpha value is -7.62. The van der Waals surface area contributed by atoms with Crippen LogP contribution in [0.4, 0.5) is 17.1 Å². The summed E-state index contributed by atoms with van der Waals surface area (Å²) >= 11 is 0. The molecule has 0 bridgehead atoms. The molecule has 9 aromatic carbocycles. The SMILES string of the molecule is C=Cc1ccc(-c2ccc(N(c3ccc(-c4cccc5c4oc4ccccc45)cc3)c3ccc4cc(-c5cccc6c5oc5ccccc56)ccc4c3)cc2)cc1. The molecule has 0 aliphatic carbocycles. The summed E-state index contributed by atoms with van der Waals surface area (Å²) in [6.07, 6.45) is 1.87. The monoisotopic (exact) mass is 729 g/mol. The molecule has 3 heteroatoms. The summed E-state index contributed by atoms with van der Waals surface area (Å²) in [5.74, 6) is 0. The van der Waals surface area contributed by atoms with Crippen LogP contribution in [-0.2, 0) is 0 Å². The van der Waals surface area contributed by atoms with Crippen LogP contribution in [-0.4, -0.2) is 0 Å². The van der Waals surface area contributed by atoms with Gasteiger partial charge in [0.25, 0.3) is 0 Å². The van der Waals surface area contributed by atoms with Crippen molar-refractivity contribution in [3.05, 3.63) is 206 Å². The van der Waals surface area contributed by atoms with Crippen molar-refractivity contribution < 1.29 is 8.83 Å². The van der Waals surface area contributed by atoms with Gasteiger partial charge in [-0.15, -0.1) is 0 Å².